The topological polar surface area (TPSA) is 110 Å². The highest BCUT2D eigenvalue weighted by molar-refractivity contribution is 5.93. The number of nitrogen functional groups attached to an aromatic ring is 1. The van der Waals surface area contributed by atoms with Crippen molar-refractivity contribution < 1.29 is 9.26 Å². The molecule has 196 valence electrons. The lowest BCUT2D eigenvalue weighted by Crippen LogP contribution is -2.48. The number of nitrogens with one attached hydrogen (secondary N) is 1. The molecule has 10 nitrogen and oxygen atoms in total. The quantitative estimate of drug-likeness (QED) is 0.331. The lowest BCUT2D eigenvalue weighted by molar-refractivity contribution is 0.104. The summed E-state index contributed by atoms with van der Waals surface area (Å²) in [6, 6.07) is 11.0. The number of anilines is 2. The molecule has 2 aromatic heterocycles. The predicted octanol–water partition coefficient (Wildman–Crippen LogP) is 3.50. The predicted molar refractivity (Wildman–Crippen MR) is 145 cm³/mol. The average molecular weight is 505 g/mol. The number of piperazine rings is 1. The van der Waals surface area contributed by atoms with Crippen LogP contribution >= 0.6 is 0 Å². The van der Waals surface area contributed by atoms with Crippen LogP contribution < -0.4 is 15.8 Å². The van der Waals surface area contributed by atoms with E-state index in [1.54, 1.807) is 14.0 Å². The molecule has 0 radical (unpaired) electrons. The summed E-state index contributed by atoms with van der Waals surface area (Å²) in [6.45, 7) is 12.6. The van der Waals surface area contributed by atoms with Crippen LogP contribution in [-0.2, 0) is 19.6 Å². The maximum Gasteiger partial charge on any atom is 0.223 e. The lowest BCUT2D eigenvalue weighted by Gasteiger charge is -2.37. The Hall–Kier alpha value is -3.63. The number of ether oxygens (including phenoxy) is 1. The molecule has 0 bridgehead atoms. The van der Waals surface area contributed by atoms with Gasteiger partial charge in [0.05, 0.1) is 37.6 Å². The number of hydrogen-bond acceptors (Lipinski definition) is 9. The van der Waals surface area contributed by atoms with E-state index < -0.39 is 0 Å². The zero-order valence-corrected chi connectivity index (χ0v) is 22.1. The molecule has 0 aliphatic carbocycles. The van der Waals surface area contributed by atoms with Crippen molar-refractivity contribution >= 4 is 22.3 Å². The molecule has 5 rings (SSSR count). The van der Waals surface area contributed by atoms with Crippen molar-refractivity contribution in [3.05, 3.63) is 59.4 Å². The van der Waals surface area contributed by atoms with Gasteiger partial charge in [-0.25, -0.2) is 0 Å². The molecule has 0 amide bonds. The van der Waals surface area contributed by atoms with Gasteiger partial charge in [0.15, 0.2) is 5.82 Å². The third kappa shape index (κ3) is 5.70. The summed E-state index contributed by atoms with van der Waals surface area (Å²) in [6.07, 6.45) is 1.84. The van der Waals surface area contributed by atoms with Crippen molar-refractivity contribution in [1.82, 2.24) is 29.7 Å². The van der Waals surface area contributed by atoms with Gasteiger partial charge < -0.3 is 20.3 Å². The van der Waals surface area contributed by atoms with Crippen LogP contribution in [0.1, 0.15) is 36.7 Å². The Balaban J connectivity index is 1.33. The lowest BCUT2D eigenvalue weighted by atomic mass is 10.1. The minimum atomic E-state index is 0.421. The highest BCUT2D eigenvalue weighted by atomic mass is 16.5. The van der Waals surface area contributed by atoms with Crippen molar-refractivity contribution in [3.8, 4) is 5.75 Å². The summed E-state index contributed by atoms with van der Waals surface area (Å²) in [5.41, 5.74) is 11.0. The molecule has 0 unspecified atom stereocenters. The number of rotatable bonds is 9. The first-order valence-electron chi connectivity index (χ1n) is 12.8. The molecule has 1 aliphatic heterocycles. The molecule has 3 heterocycles. The van der Waals surface area contributed by atoms with Gasteiger partial charge in [0, 0.05) is 62.3 Å². The summed E-state index contributed by atoms with van der Waals surface area (Å²) in [5.74, 6) is 1.99. The van der Waals surface area contributed by atoms with E-state index in [1.807, 2.05) is 23.0 Å². The minimum Gasteiger partial charge on any atom is -0.496 e. The fraction of sp³-hybridized carbons (Fsp3) is 0.444. The normalized spacial score (nSPS) is 15.1. The molecule has 1 aliphatic rings. The van der Waals surface area contributed by atoms with Gasteiger partial charge in [-0.2, -0.15) is 10.1 Å². The summed E-state index contributed by atoms with van der Waals surface area (Å²) >= 11 is 0. The Morgan fingerprint density at radius 3 is 2.62 bits per heavy atom. The third-order valence-electron chi connectivity index (χ3n) is 6.98. The van der Waals surface area contributed by atoms with E-state index in [4.69, 9.17) is 15.0 Å². The van der Waals surface area contributed by atoms with E-state index in [1.165, 1.54) is 5.56 Å². The van der Waals surface area contributed by atoms with Crippen molar-refractivity contribution in [1.29, 1.82) is 0 Å². The molecule has 4 aromatic rings. The maximum absolute atomic E-state index is 6.17. The number of hydrogen-bond donors (Lipinski definition) is 2. The van der Waals surface area contributed by atoms with Gasteiger partial charge in [0.2, 0.25) is 5.89 Å². The molecular weight excluding hydrogens is 468 g/mol. The number of aromatic nitrogens is 4. The molecule has 1 saturated heterocycles. The molecular formula is C27H36N8O2. The number of nitrogens with two attached hydrogens (primary N) is 1. The second kappa shape index (κ2) is 10.8. The average Bonchev–Trinajstić information content (AvgIpc) is 3.49. The highest BCUT2D eigenvalue weighted by Crippen LogP contribution is 2.30. The Labute approximate surface area is 217 Å². The van der Waals surface area contributed by atoms with Gasteiger partial charge in [0.25, 0.3) is 0 Å². The molecule has 0 spiro atoms. The van der Waals surface area contributed by atoms with Crippen molar-refractivity contribution in [2.45, 2.75) is 46.4 Å². The number of nitrogens with zero attached hydrogens (tertiary/aromatic N) is 6. The number of benzene rings is 2. The number of fused-ring (bicyclic) bond motifs is 1. The second-order valence-electron chi connectivity index (χ2n) is 9.94. The smallest absolute Gasteiger partial charge is 0.223 e. The molecule has 2 aromatic carbocycles. The molecule has 10 heteroatoms. The third-order valence-corrected chi connectivity index (χ3v) is 6.98. The van der Waals surface area contributed by atoms with Gasteiger partial charge in [-0.1, -0.05) is 17.3 Å². The van der Waals surface area contributed by atoms with Crippen LogP contribution in [0.15, 0.2) is 41.1 Å². The largest absolute Gasteiger partial charge is 0.496 e. The summed E-state index contributed by atoms with van der Waals surface area (Å²) in [4.78, 5) is 9.33. The van der Waals surface area contributed by atoms with Crippen LogP contribution in [0.2, 0.25) is 0 Å². The Kier molecular flexibility index (Phi) is 7.29. The first-order valence-corrected chi connectivity index (χ1v) is 12.8. The van der Waals surface area contributed by atoms with Gasteiger partial charge in [0.1, 0.15) is 5.75 Å². The zero-order valence-electron chi connectivity index (χ0n) is 22.1. The zero-order chi connectivity index (χ0) is 25.9. The fourth-order valence-corrected chi connectivity index (χ4v) is 4.97. The van der Waals surface area contributed by atoms with Crippen LogP contribution in [0, 0.1) is 6.92 Å². The van der Waals surface area contributed by atoms with E-state index in [2.05, 4.69) is 62.4 Å². The van der Waals surface area contributed by atoms with E-state index in [0.29, 0.717) is 36.5 Å². The van der Waals surface area contributed by atoms with E-state index in [0.717, 1.165) is 60.6 Å². The summed E-state index contributed by atoms with van der Waals surface area (Å²) in [5, 5.41) is 13.0. The van der Waals surface area contributed by atoms with Crippen molar-refractivity contribution in [3.63, 3.8) is 0 Å². The van der Waals surface area contributed by atoms with Gasteiger partial charge in [-0.3, -0.25) is 14.5 Å². The number of aryl methyl sites for hydroxylation is 1. The minimum absolute atomic E-state index is 0.421. The van der Waals surface area contributed by atoms with Crippen molar-refractivity contribution in [2.24, 2.45) is 0 Å². The highest BCUT2D eigenvalue weighted by Gasteiger charge is 2.19. The molecule has 0 atom stereocenters. The Morgan fingerprint density at radius 2 is 1.92 bits per heavy atom. The first kappa shape index (κ1) is 25.0. The van der Waals surface area contributed by atoms with E-state index in [9.17, 15) is 0 Å². The Bertz CT molecular complexity index is 1350. The van der Waals surface area contributed by atoms with E-state index >= 15 is 0 Å². The number of methoxy groups -OCH3 is 1. The van der Waals surface area contributed by atoms with Gasteiger partial charge in [-0.15, -0.1) is 0 Å². The summed E-state index contributed by atoms with van der Waals surface area (Å²) < 4.78 is 12.9. The standard InChI is InChI=1S/C27H36N8O2/c1-18(2)34-9-7-33(8-10-34)16-20-5-6-21(25(11-20)36-4)17-35-27-22(14-30-35)12-23(28)13-24(27)29-15-26-31-19(3)37-32-26/h5-6,11-14,18,29H,7-10,15-17,28H2,1-4H3. The SMILES string of the molecule is COc1cc(CN2CCN(C(C)C)CC2)ccc1Cn1ncc2cc(N)cc(NCc3noc(C)n3)c21. The van der Waals surface area contributed by atoms with Crippen LogP contribution in [0.4, 0.5) is 11.4 Å². The summed E-state index contributed by atoms with van der Waals surface area (Å²) in [7, 11) is 1.73. The maximum atomic E-state index is 6.17. The van der Waals surface area contributed by atoms with E-state index in [-0.39, 0.29) is 0 Å². The van der Waals surface area contributed by atoms with Gasteiger partial charge >= 0.3 is 0 Å². The van der Waals surface area contributed by atoms with Crippen molar-refractivity contribution in [2.75, 3.05) is 44.3 Å². The molecule has 37 heavy (non-hydrogen) atoms. The monoisotopic (exact) mass is 504 g/mol. The molecule has 0 saturated carbocycles. The van der Waals surface area contributed by atoms with Gasteiger partial charge in [-0.05, 0) is 37.6 Å². The Morgan fingerprint density at radius 1 is 1.11 bits per heavy atom. The molecule has 3 N–H and O–H groups in total. The van der Waals surface area contributed by atoms with Crippen LogP contribution in [0.3, 0.4) is 0 Å². The fourth-order valence-electron chi connectivity index (χ4n) is 4.97. The first-order chi connectivity index (χ1) is 17.9. The van der Waals surface area contributed by atoms with Crippen LogP contribution in [0.25, 0.3) is 10.9 Å². The van der Waals surface area contributed by atoms with Crippen LogP contribution in [-0.4, -0.2) is 69.1 Å². The second-order valence-corrected chi connectivity index (χ2v) is 9.94. The molecule has 1 fully saturated rings. The van der Waals surface area contributed by atoms with Crippen LogP contribution in [0.5, 0.6) is 5.75 Å².